The Balaban J connectivity index is 0.00000200. The molecule has 0 aliphatic carbocycles. The van der Waals surface area contributed by atoms with Crippen molar-refractivity contribution >= 4 is 41.7 Å². The Labute approximate surface area is 144 Å². The van der Waals surface area contributed by atoms with Crippen LogP contribution in [0, 0.1) is 5.92 Å². The summed E-state index contributed by atoms with van der Waals surface area (Å²) in [5.74, 6) is 1.57. The number of piperidine rings is 1. The van der Waals surface area contributed by atoms with Crippen molar-refractivity contribution < 1.29 is 4.74 Å². The van der Waals surface area contributed by atoms with Gasteiger partial charge in [-0.3, -0.25) is 4.99 Å². The fourth-order valence-electron chi connectivity index (χ4n) is 2.73. The number of halogens is 1. The maximum Gasteiger partial charge on any atom is 0.191 e. The van der Waals surface area contributed by atoms with Crippen LogP contribution in [0.3, 0.4) is 0 Å². The van der Waals surface area contributed by atoms with E-state index in [9.17, 15) is 0 Å². The van der Waals surface area contributed by atoms with Gasteiger partial charge in [-0.1, -0.05) is 6.92 Å². The number of nitrogens with two attached hydrogens (primary N) is 1. The topological polar surface area (TPSA) is 50.8 Å². The predicted molar refractivity (Wildman–Crippen MR) is 98.2 cm³/mol. The average Bonchev–Trinajstić information content (AvgIpc) is 2.46. The smallest absolute Gasteiger partial charge is 0.191 e. The van der Waals surface area contributed by atoms with Gasteiger partial charge in [0.05, 0.1) is 6.54 Å². The number of likely N-dealkylation sites (tertiary alicyclic amines) is 1. The lowest BCUT2D eigenvalue weighted by molar-refractivity contribution is 0.0793. The molecule has 0 atom stereocenters. The minimum Gasteiger partial charge on any atom is -0.381 e. The minimum atomic E-state index is 0. The van der Waals surface area contributed by atoms with Gasteiger partial charge in [0.2, 0.25) is 0 Å². The number of nitrogens with zero attached hydrogens (tertiary/aromatic N) is 2. The van der Waals surface area contributed by atoms with E-state index in [-0.39, 0.29) is 28.7 Å². The summed E-state index contributed by atoms with van der Waals surface area (Å²) in [4.78, 5) is 6.93. The van der Waals surface area contributed by atoms with Gasteiger partial charge in [-0.2, -0.15) is 11.8 Å². The molecule has 0 aromatic carbocycles. The van der Waals surface area contributed by atoms with E-state index in [1.807, 2.05) is 11.8 Å². The van der Waals surface area contributed by atoms with Crippen LogP contribution in [0.25, 0.3) is 0 Å². The second-order valence-electron chi connectivity index (χ2n) is 5.84. The molecule has 0 spiro atoms. The monoisotopic (exact) mass is 413 g/mol. The first kappa shape index (κ1) is 18.4. The van der Waals surface area contributed by atoms with Crippen molar-refractivity contribution in [2.24, 2.45) is 16.6 Å². The first-order valence-electron chi connectivity index (χ1n) is 7.33. The highest BCUT2D eigenvalue weighted by Gasteiger charge is 2.31. The van der Waals surface area contributed by atoms with Crippen molar-refractivity contribution in [3.63, 3.8) is 0 Å². The van der Waals surface area contributed by atoms with Crippen LogP contribution >= 0.6 is 35.7 Å². The van der Waals surface area contributed by atoms with Crippen molar-refractivity contribution in [2.75, 3.05) is 39.1 Å². The first-order chi connectivity index (χ1) is 9.15. The fraction of sp³-hybridized carbons (Fsp3) is 0.929. The Morgan fingerprint density at radius 1 is 1.35 bits per heavy atom. The summed E-state index contributed by atoms with van der Waals surface area (Å²) in [7, 11) is 0. The van der Waals surface area contributed by atoms with Gasteiger partial charge in [0.15, 0.2) is 5.96 Å². The number of rotatable bonds is 3. The van der Waals surface area contributed by atoms with E-state index in [4.69, 9.17) is 10.5 Å². The number of ether oxygens (including phenoxy) is 1. The molecule has 6 heteroatoms. The molecule has 2 fully saturated rings. The van der Waals surface area contributed by atoms with Gasteiger partial charge in [-0.15, -0.1) is 24.0 Å². The summed E-state index contributed by atoms with van der Waals surface area (Å²) in [6.45, 7) is 6.98. The molecule has 2 aliphatic heterocycles. The van der Waals surface area contributed by atoms with Crippen molar-refractivity contribution in [3.8, 4) is 0 Å². The van der Waals surface area contributed by atoms with Crippen LogP contribution in [0.4, 0.5) is 0 Å². The molecule has 0 radical (unpaired) electrons. The highest BCUT2D eigenvalue weighted by Crippen LogP contribution is 2.34. The Morgan fingerprint density at radius 2 is 1.95 bits per heavy atom. The molecule has 2 rings (SSSR count). The maximum absolute atomic E-state index is 6.16. The molecule has 0 aromatic heterocycles. The third kappa shape index (κ3) is 4.94. The van der Waals surface area contributed by atoms with Crippen LogP contribution in [0.2, 0.25) is 0 Å². The molecular formula is C14H28IN3OS. The number of guanidine groups is 1. The summed E-state index contributed by atoms with van der Waals surface area (Å²) in [6, 6.07) is 0. The quantitative estimate of drug-likeness (QED) is 0.439. The van der Waals surface area contributed by atoms with Gasteiger partial charge in [0.25, 0.3) is 0 Å². The SMILES string of the molecule is CSC1(CN=C(N)N2CCC(C)CC2)CCOCC1.I. The summed E-state index contributed by atoms with van der Waals surface area (Å²) in [5.41, 5.74) is 6.16. The van der Waals surface area contributed by atoms with Crippen molar-refractivity contribution in [2.45, 2.75) is 37.4 Å². The van der Waals surface area contributed by atoms with Gasteiger partial charge in [-0.25, -0.2) is 0 Å². The lowest BCUT2D eigenvalue weighted by atomic mass is 9.99. The van der Waals surface area contributed by atoms with Crippen molar-refractivity contribution in [1.82, 2.24) is 4.90 Å². The molecule has 0 amide bonds. The second kappa shape index (κ2) is 8.68. The first-order valence-corrected chi connectivity index (χ1v) is 8.55. The van der Waals surface area contributed by atoms with Crippen molar-refractivity contribution in [1.29, 1.82) is 0 Å². The van der Waals surface area contributed by atoms with Gasteiger partial charge in [0.1, 0.15) is 0 Å². The Bertz CT molecular complexity index is 314. The number of thioether (sulfide) groups is 1. The van der Waals surface area contributed by atoms with Crippen molar-refractivity contribution in [3.05, 3.63) is 0 Å². The molecule has 2 N–H and O–H groups in total. The minimum absolute atomic E-state index is 0. The van der Waals surface area contributed by atoms with E-state index in [1.165, 1.54) is 12.8 Å². The van der Waals surface area contributed by atoms with Crippen LogP contribution in [0.15, 0.2) is 4.99 Å². The van der Waals surface area contributed by atoms with E-state index < -0.39 is 0 Å². The van der Waals surface area contributed by atoms with Crippen LogP contribution in [-0.4, -0.2) is 54.7 Å². The zero-order valence-corrected chi connectivity index (χ0v) is 15.8. The lowest BCUT2D eigenvalue weighted by Crippen LogP contribution is -2.44. The van der Waals surface area contributed by atoms with E-state index in [2.05, 4.69) is 23.1 Å². The van der Waals surface area contributed by atoms with E-state index in [1.54, 1.807) is 0 Å². The van der Waals surface area contributed by atoms with Gasteiger partial charge >= 0.3 is 0 Å². The standard InChI is InChI=1S/C14H27N3OS.HI/c1-12-3-7-17(8-4-12)13(15)16-11-14(19-2)5-9-18-10-6-14;/h12H,3-11H2,1-2H3,(H2,15,16);1H. The lowest BCUT2D eigenvalue weighted by Gasteiger charge is -2.35. The number of hydrogen-bond donors (Lipinski definition) is 1. The van der Waals surface area contributed by atoms with E-state index in [0.29, 0.717) is 0 Å². The largest absolute Gasteiger partial charge is 0.381 e. The van der Waals surface area contributed by atoms with Gasteiger partial charge < -0.3 is 15.4 Å². The molecule has 2 heterocycles. The number of aliphatic imine (C=N–C) groups is 1. The molecule has 0 saturated carbocycles. The fourth-order valence-corrected chi connectivity index (χ4v) is 3.50. The Morgan fingerprint density at radius 3 is 2.50 bits per heavy atom. The van der Waals surface area contributed by atoms with Crippen LogP contribution < -0.4 is 5.73 Å². The average molecular weight is 413 g/mol. The Kier molecular flexibility index (Phi) is 7.97. The summed E-state index contributed by atoms with van der Waals surface area (Å²) >= 11 is 1.92. The molecule has 118 valence electrons. The molecule has 2 saturated heterocycles. The van der Waals surface area contributed by atoms with E-state index in [0.717, 1.165) is 57.6 Å². The van der Waals surface area contributed by atoms with Crippen LogP contribution in [0.5, 0.6) is 0 Å². The molecule has 4 nitrogen and oxygen atoms in total. The van der Waals surface area contributed by atoms with Crippen LogP contribution in [0.1, 0.15) is 32.6 Å². The zero-order chi connectivity index (χ0) is 13.7. The summed E-state index contributed by atoms with van der Waals surface area (Å²) in [6.07, 6.45) is 6.82. The third-order valence-corrected chi connectivity index (χ3v) is 5.88. The Hall–Kier alpha value is 0.310. The highest BCUT2D eigenvalue weighted by atomic mass is 127. The normalized spacial score (nSPS) is 24.3. The molecular weight excluding hydrogens is 385 g/mol. The van der Waals surface area contributed by atoms with E-state index >= 15 is 0 Å². The molecule has 0 bridgehead atoms. The molecule has 20 heavy (non-hydrogen) atoms. The van der Waals surface area contributed by atoms with Gasteiger partial charge in [-0.05, 0) is 37.9 Å². The second-order valence-corrected chi connectivity index (χ2v) is 7.12. The molecule has 0 unspecified atom stereocenters. The van der Waals surface area contributed by atoms with Crippen LogP contribution in [-0.2, 0) is 4.74 Å². The summed E-state index contributed by atoms with van der Waals surface area (Å²) in [5, 5.41) is 0. The zero-order valence-electron chi connectivity index (χ0n) is 12.6. The molecule has 0 aromatic rings. The summed E-state index contributed by atoms with van der Waals surface area (Å²) < 4.78 is 5.70. The third-order valence-electron chi connectivity index (χ3n) is 4.47. The predicted octanol–water partition coefficient (Wildman–Crippen LogP) is 2.56. The van der Waals surface area contributed by atoms with Gasteiger partial charge in [0, 0.05) is 31.1 Å². The molecule has 2 aliphatic rings. The maximum atomic E-state index is 6.16. The number of hydrogen-bond acceptors (Lipinski definition) is 3. The highest BCUT2D eigenvalue weighted by molar-refractivity contribution is 14.0.